The van der Waals surface area contributed by atoms with Gasteiger partial charge in [-0.3, -0.25) is 4.18 Å². The summed E-state index contributed by atoms with van der Waals surface area (Å²) in [5, 5.41) is -0.724. The Morgan fingerprint density at radius 3 is 1.89 bits per heavy atom. The monoisotopic (exact) mass is 424 g/mol. The minimum atomic E-state index is -3.96. The maximum atomic E-state index is 13.1. The van der Waals surface area contributed by atoms with E-state index >= 15 is 0 Å². The van der Waals surface area contributed by atoms with Gasteiger partial charge < -0.3 is 0 Å². The zero-order chi connectivity index (χ0) is 20.9. The third-order valence-corrected chi connectivity index (χ3v) is 8.06. The van der Waals surface area contributed by atoms with Gasteiger partial charge in [-0.15, -0.1) is 0 Å². The van der Waals surface area contributed by atoms with Crippen LogP contribution in [-0.4, -0.2) is 28.2 Å². The highest BCUT2D eigenvalue weighted by molar-refractivity contribution is 7.92. The molecule has 0 N–H and O–H groups in total. The molecule has 0 heterocycles. The van der Waals surface area contributed by atoms with Crippen molar-refractivity contribution in [1.29, 1.82) is 0 Å². The highest BCUT2D eigenvalue weighted by Gasteiger charge is 2.31. The lowest BCUT2D eigenvalue weighted by Crippen LogP contribution is -2.29. The van der Waals surface area contributed by atoms with Gasteiger partial charge in [0.05, 0.1) is 21.1 Å². The number of benzene rings is 2. The molecule has 0 aliphatic carbocycles. The number of hydrogen-bond donors (Lipinski definition) is 0. The molecule has 1 unspecified atom stereocenters. The summed E-state index contributed by atoms with van der Waals surface area (Å²) in [4.78, 5) is 0.311. The molecule has 2 aromatic carbocycles. The Bertz CT molecular complexity index is 963. The number of sulfone groups is 1. The molecule has 0 aliphatic heterocycles. The highest BCUT2D eigenvalue weighted by atomic mass is 32.2. The van der Waals surface area contributed by atoms with E-state index in [0.29, 0.717) is 6.42 Å². The minimum Gasteiger partial charge on any atom is -0.263 e. The van der Waals surface area contributed by atoms with Crippen LogP contribution in [0.5, 0.6) is 0 Å². The lowest BCUT2D eigenvalue weighted by Gasteiger charge is -2.23. The number of rotatable bonds is 9. The average molecular weight is 425 g/mol. The average Bonchev–Trinajstić information content (AvgIpc) is 2.61. The van der Waals surface area contributed by atoms with E-state index in [1.54, 1.807) is 49.4 Å². The Kier molecular flexibility index (Phi) is 7.42. The van der Waals surface area contributed by atoms with Crippen LogP contribution in [0.3, 0.4) is 0 Å². The van der Waals surface area contributed by atoms with Crippen molar-refractivity contribution < 1.29 is 21.0 Å². The molecule has 0 aliphatic rings. The van der Waals surface area contributed by atoms with Gasteiger partial charge in [0.2, 0.25) is 0 Å². The Balaban J connectivity index is 2.21. The second kappa shape index (κ2) is 9.20. The lowest BCUT2D eigenvalue weighted by atomic mass is 10.0. The summed E-state index contributed by atoms with van der Waals surface area (Å²) in [6.07, 6.45) is -0.246. The third kappa shape index (κ3) is 5.90. The van der Waals surface area contributed by atoms with Gasteiger partial charge in [0, 0.05) is 0 Å². The fourth-order valence-corrected chi connectivity index (χ4v) is 6.24. The van der Waals surface area contributed by atoms with Gasteiger partial charge in [-0.05, 0) is 56.9 Å². The second-order valence-electron chi connectivity index (χ2n) is 7.52. The molecule has 0 fully saturated rings. The first-order valence-corrected chi connectivity index (χ1v) is 12.3. The molecule has 2 rings (SSSR count). The van der Waals surface area contributed by atoms with Crippen molar-refractivity contribution in [3.63, 3.8) is 0 Å². The van der Waals surface area contributed by atoms with Crippen LogP contribution >= 0.6 is 0 Å². The van der Waals surface area contributed by atoms with Crippen molar-refractivity contribution in [3.8, 4) is 0 Å². The van der Waals surface area contributed by atoms with Gasteiger partial charge >= 0.3 is 0 Å². The van der Waals surface area contributed by atoms with E-state index < -0.39 is 31.3 Å². The molecule has 0 saturated carbocycles. The first-order chi connectivity index (χ1) is 13.0. The van der Waals surface area contributed by atoms with Crippen molar-refractivity contribution in [2.24, 2.45) is 5.92 Å². The molecule has 0 spiro atoms. The van der Waals surface area contributed by atoms with Crippen LogP contribution < -0.4 is 0 Å². The van der Waals surface area contributed by atoms with Crippen molar-refractivity contribution in [2.75, 3.05) is 0 Å². The molecular weight excluding hydrogens is 396 g/mol. The van der Waals surface area contributed by atoms with Gasteiger partial charge in [-0.2, -0.15) is 8.42 Å². The van der Waals surface area contributed by atoms with E-state index in [0.717, 1.165) is 5.56 Å². The molecule has 0 amide bonds. The van der Waals surface area contributed by atoms with Gasteiger partial charge in [0.1, 0.15) is 0 Å². The van der Waals surface area contributed by atoms with Crippen LogP contribution in [-0.2, 0) is 24.1 Å². The van der Waals surface area contributed by atoms with Crippen molar-refractivity contribution >= 4 is 20.0 Å². The molecule has 0 bridgehead atoms. The zero-order valence-electron chi connectivity index (χ0n) is 16.7. The van der Waals surface area contributed by atoms with E-state index in [1.165, 1.54) is 12.1 Å². The lowest BCUT2D eigenvalue weighted by molar-refractivity contribution is 0.212. The quantitative estimate of drug-likeness (QED) is 0.559. The summed E-state index contributed by atoms with van der Waals surface area (Å²) >= 11 is 0. The number of hydrogen-bond acceptors (Lipinski definition) is 5. The molecule has 0 aromatic heterocycles. The van der Waals surface area contributed by atoms with E-state index in [-0.39, 0.29) is 22.1 Å². The third-order valence-electron chi connectivity index (χ3n) is 4.44. The van der Waals surface area contributed by atoms with Crippen LogP contribution in [0.4, 0.5) is 0 Å². The smallest absolute Gasteiger partial charge is 0.263 e. The topological polar surface area (TPSA) is 77.5 Å². The predicted molar refractivity (Wildman–Crippen MR) is 110 cm³/mol. The molecular formula is C21H28O5S2. The maximum Gasteiger partial charge on any atom is 0.297 e. The van der Waals surface area contributed by atoms with Crippen LogP contribution in [0.25, 0.3) is 0 Å². The molecule has 2 atom stereocenters. The minimum absolute atomic E-state index is 0.0660. The molecule has 28 heavy (non-hydrogen) atoms. The van der Waals surface area contributed by atoms with E-state index in [1.807, 2.05) is 20.8 Å². The molecule has 0 radical (unpaired) electrons. The molecule has 5 nitrogen and oxygen atoms in total. The summed E-state index contributed by atoms with van der Waals surface area (Å²) in [6.45, 7) is 7.36. The van der Waals surface area contributed by atoms with E-state index in [2.05, 4.69) is 0 Å². The molecule has 0 saturated heterocycles. The van der Waals surface area contributed by atoms with Gasteiger partial charge in [0.15, 0.2) is 9.84 Å². The Hall–Kier alpha value is -1.70. The van der Waals surface area contributed by atoms with E-state index in [4.69, 9.17) is 4.18 Å². The van der Waals surface area contributed by atoms with Crippen LogP contribution in [0.2, 0.25) is 0 Å². The Morgan fingerprint density at radius 1 is 0.786 bits per heavy atom. The summed E-state index contributed by atoms with van der Waals surface area (Å²) in [5.74, 6) is 0.143. The number of aryl methyl sites for hydroxylation is 1. The Morgan fingerprint density at radius 2 is 1.36 bits per heavy atom. The molecule has 2 aromatic rings. The zero-order valence-corrected chi connectivity index (χ0v) is 18.3. The van der Waals surface area contributed by atoms with Crippen LogP contribution in [0, 0.1) is 12.8 Å². The highest BCUT2D eigenvalue weighted by Crippen LogP contribution is 2.27. The van der Waals surface area contributed by atoms with Crippen LogP contribution in [0.1, 0.15) is 39.2 Å². The maximum absolute atomic E-state index is 13.1. The SMILES string of the molecule is Cc1ccc(S(=O)(=O)O[C@@H](C)CC(CC(C)C)S(=O)(=O)c2ccccc2)cc1. The van der Waals surface area contributed by atoms with Crippen molar-refractivity contribution in [2.45, 2.75) is 61.7 Å². The predicted octanol–water partition coefficient (Wildman–Crippen LogP) is 4.37. The summed E-state index contributed by atoms with van der Waals surface area (Å²) in [6, 6.07) is 14.6. The molecule has 7 heteroatoms. The first-order valence-electron chi connectivity index (χ1n) is 9.31. The van der Waals surface area contributed by atoms with Crippen molar-refractivity contribution in [3.05, 3.63) is 60.2 Å². The van der Waals surface area contributed by atoms with Crippen LogP contribution in [0.15, 0.2) is 64.4 Å². The standard InChI is InChI=1S/C21H28O5S2/c1-16(2)14-21(27(22,23)19-8-6-5-7-9-19)15-18(4)26-28(24,25)20-12-10-17(3)11-13-20/h5-13,16,18,21H,14-15H2,1-4H3/t18-,21?/m0/s1. The van der Waals surface area contributed by atoms with Gasteiger partial charge in [0.25, 0.3) is 10.1 Å². The van der Waals surface area contributed by atoms with Crippen molar-refractivity contribution in [1.82, 2.24) is 0 Å². The summed E-state index contributed by atoms with van der Waals surface area (Å²) in [5.41, 5.74) is 0.943. The largest absolute Gasteiger partial charge is 0.297 e. The van der Waals surface area contributed by atoms with Gasteiger partial charge in [-0.25, -0.2) is 8.42 Å². The molecule has 154 valence electrons. The normalized spacial score (nSPS) is 14.8. The summed E-state index contributed by atoms with van der Waals surface area (Å²) in [7, 11) is -7.55. The summed E-state index contributed by atoms with van der Waals surface area (Å²) < 4.78 is 56.5. The fourth-order valence-electron chi connectivity index (χ4n) is 3.06. The Labute approximate surface area is 168 Å². The van der Waals surface area contributed by atoms with E-state index in [9.17, 15) is 16.8 Å². The first kappa shape index (κ1) is 22.6. The second-order valence-corrected chi connectivity index (χ2v) is 11.3. The van der Waals surface area contributed by atoms with Gasteiger partial charge in [-0.1, -0.05) is 49.7 Å². The fraction of sp³-hybridized carbons (Fsp3) is 0.429.